The molecular weight excluding hydrogens is 474 g/mol. The fraction of sp³-hybridized carbons (Fsp3) is 0.207. The Morgan fingerprint density at radius 2 is 1.50 bits per heavy atom. The lowest BCUT2D eigenvalue weighted by Crippen LogP contribution is -2.47. The molecule has 3 atom stereocenters. The highest BCUT2D eigenvalue weighted by Crippen LogP contribution is 2.38. The molecule has 184 valence electrons. The van der Waals surface area contributed by atoms with Gasteiger partial charge in [-0.3, -0.25) is 4.79 Å². The Balaban J connectivity index is 1.61. The maximum absolute atomic E-state index is 13.6. The zero-order chi connectivity index (χ0) is 25.3. The predicted octanol–water partition coefficient (Wildman–Crippen LogP) is 5.44. The van der Waals surface area contributed by atoms with Crippen LogP contribution in [0.25, 0.3) is 0 Å². The molecule has 0 radical (unpaired) electrons. The van der Waals surface area contributed by atoms with Crippen LogP contribution in [0.1, 0.15) is 22.3 Å². The van der Waals surface area contributed by atoms with Crippen LogP contribution in [0.2, 0.25) is 0 Å². The molecule has 1 aliphatic rings. The number of thioether (sulfide) groups is 1. The fourth-order valence-corrected chi connectivity index (χ4v) is 5.39. The van der Waals surface area contributed by atoms with E-state index in [0.717, 1.165) is 10.5 Å². The lowest BCUT2D eigenvalue weighted by atomic mass is 9.80. The molecule has 3 aromatic carbocycles. The van der Waals surface area contributed by atoms with Crippen molar-refractivity contribution in [2.24, 2.45) is 5.92 Å². The van der Waals surface area contributed by atoms with Gasteiger partial charge in [-0.25, -0.2) is 9.59 Å². The number of carbonyl (C=O) groups is 3. The van der Waals surface area contributed by atoms with Crippen molar-refractivity contribution in [3.05, 3.63) is 114 Å². The number of benzene rings is 3. The number of carbonyl (C=O) groups excluding carboxylic acids is 3. The van der Waals surface area contributed by atoms with Gasteiger partial charge in [-0.15, -0.1) is 11.8 Å². The maximum Gasteiger partial charge on any atom is 0.407 e. The second-order valence-corrected chi connectivity index (χ2v) is 9.61. The minimum Gasteiger partial charge on any atom is -0.466 e. The van der Waals surface area contributed by atoms with Crippen molar-refractivity contribution in [3.63, 3.8) is 0 Å². The average Bonchev–Trinajstić information content (AvgIpc) is 2.93. The van der Waals surface area contributed by atoms with Crippen LogP contribution in [0.15, 0.2) is 108 Å². The summed E-state index contributed by atoms with van der Waals surface area (Å²) < 4.78 is 10.4. The molecule has 36 heavy (non-hydrogen) atoms. The van der Waals surface area contributed by atoms with Crippen LogP contribution in [0.5, 0.6) is 0 Å². The molecule has 0 saturated carbocycles. The summed E-state index contributed by atoms with van der Waals surface area (Å²) in [6.07, 6.45) is 1.33. The largest absolute Gasteiger partial charge is 0.466 e. The molecule has 0 unspecified atom stereocenters. The number of hydrogen-bond acceptors (Lipinski definition) is 6. The Morgan fingerprint density at radius 1 is 0.889 bits per heavy atom. The first kappa shape index (κ1) is 25.3. The number of Topliss-reactive ketones (excluding diaryl/α,β-unsaturated/α-hetero) is 1. The van der Waals surface area contributed by atoms with E-state index >= 15 is 0 Å². The molecule has 1 amide bonds. The first-order valence-electron chi connectivity index (χ1n) is 11.6. The van der Waals surface area contributed by atoms with E-state index in [1.165, 1.54) is 18.9 Å². The van der Waals surface area contributed by atoms with Crippen molar-refractivity contribution in [2.45, 2.75) is 29.2 Å². The summed E-state index contributed by atoms with van der Waals surface area (Å²) in [7, 11) is 1.32. The van der Waals surface area contributed by atoms with Crippen LogP contribution >= 0.6 is 11.8 Å². The normalized spacial score (nSPS) is 19.0. The Bertz CT molecular complexity index is 1210. The number of rotatable bonds is 8. The van der Waals surface area contributed by atoms with E-state index in [2.05, 4.69) is 5.32 Å². The second kappa shape index (κ2) is 12.2. The fourth-order valence-electron chi connectivity index (χ4n) is 4.14. The molecule has 0 heterocycles. The van der Waals surface area contributed by atoms with E-state index in [0.29, 0.717) is 17.6 Å². The highest BCUT2D eigenvalue weighted by molar-refractivity contribution is 8.00. The van der Waals surface area contributed by atoms with Gasteiger partial charge in [0.2, 0.25) is 0 Å². The van der Waals surface area contributed by atoms with Crippen LogP contribution in [0.3, 0.4) is 0 Å². The van der Waals surface area contributed by atoms with Crippen LogP contribution in [-0.2, 0) is 20.9 Å². The van der Waals surface area contributed by atoms with E-state index in [9.17, 15) is 14.4 Å². The average molecular weight is 502 g/mol. The third-order valence-corrected chi connectivity index (χ3v) is 7.22. The van der Waals surface area contributed by atoms with Gasteiger partial charge in [-0.2, -0.15) is 0 Å². The first-order chi connectivity index (χ1) is 17.5. The van der Waals surface area contributed by atoms with E-state index in [-0.39, 0.29) is 17.6 Å². The van der Waals surface area contributed by atoms with Gasteiger partial charge < -0.3 is 14.8 Å². The molecule has 3 aromatic rings. The minimum absolute atomic E-state index is 0.0940. The smallest absolute Gasteiger partial charge is 0.407 e. The number of alkyl carbamates (subject to hydrolysis) is 1. The lowest BCUT2D eigenvalue weighted by molar-refractivity contribution is -0.136. The monoisotopic (exact) mass is 501 g/mol. The van der Waals surface area contributed by atoms with E-state index in [1.54, 1.807) is 30.3 Å². The first-order valence-corrected chi connectivity index (χ1v) is 12.5. The summed E-state index contributed by atoms with van der Waals surface area (Å²) in [5.74, 6) is -1.19. The van der Waals surface area contributed by atoms with Crippen molar-refractivity contribution in [1.82, 2.24) is 5.32 Å². The molecule has 4 rings (SSSR count). The van der Waals surface area contributed by atoms with Crippen LogP contribution < -0.4 is 5.32 Å². The molecule has 7 heteroatoms. The highest BCUT2D eigenvalue weighted by Gasteiger charge is 2.40. The van der Waals surface area contributed by atoms with Crippen molar-refractivity contribution in [3.8, 4) is 0 Å². The topological polar surface area (TPSA) is 81.7 Å². The van der Waals surface area contributed by atoms with Crippen LogP contribution in [0.4, 0.5) is 4.79 Å². The number of ketones is 1. The number of hydrogen-bond donors (Lipinski definition) is 1. The molecule has 0 bridgehead atoms. The second-order valence-electron chi connectivity index (χ2n) is 8.34. The van der Waals surface area contributed by atoms with Crippen LogP contribution in [0, 0.1) is 5.92 Å². The summed E-state index contributed by atoms with van der Waals surface area (Å²) in [5.41, 5.74) is 1.81. The highest BCUT2D eigenvalue weighted by atomic mass is 32.2. The minimum atomic E-state index is -0.734. The number of ether oxygens (including phenoxy) is 2. The molecule has 0 spiro atoms. The van der Waals surface area contributed by atoms with Gasteiger partial charge in [0.15, 0.2) is 5.78 Å². The van der Waals surface area contributed by atoms with Crippen LogP contribution in [-0.4, -0.2) is 36.2 Å². The quantitative estimate of drug-likeness (QED) is 0.327. The summed E-state index contributed by atoms with van der Waals surface area (Å²) in [6.45, 7) is 0.0940. The molecule has 6 nitrogen and oxygen atoms in total. The zero-order valence-electron chi connectivity index (χ0n) is 19.8. The standard InChI is InChI=1S/C29H27NO5S/c1-34-28(32)24-17-25(30-29(33)35-19-20-11-5-2-6-12-20)23(27(31)21-13-7-3-8-14-21)18-26(24)36-22-15-9-4-10-16-22/h2-17,23,25-26H,18-19H2,1H3,(H,30,33)/t23-,25+,26+/m1/s1. The summed E-state index contributed by atoms with van der Waals surface area (Å²) in [4.78, 5) is 40.0. The summed E-state index contributed by atoms with van der Waals surface area (Å²) >= 11 is 1.50. The summed E-state index contributed by atoms with van der Waals surface area (Å²) in [6, 6.07) is 27.2. The van der Waals surface area contributed by atoms with Gasteiger partial charge in [0.05, 0.1) is 13.2 Å². The van der Waals surface area contributed by atoms with E-state index < -0.39 is 24.0 Å². The lowest BCUT2D eigenvalue weighted by Gasteiger charge is -2.34. The molecule has 0 saturated heterocycles. The third kappa shape index (κ3) is 6.43. The number of methoxy groups -OCH3 is 1. The Kier molecular flexibility index (Phi) is 8.57. The SMILES string of the molecule is COC(=O)C1=C[C@H](NC(=O)OCc2ccccc2)[C@H](C(=O)c2ccccc2)C[C@@H]1Sc1ccccc1. The maximum atomic E-state index is 13.6. The zero-order valence-corrected chi connectivity index (χ0v) is 20.6. The van der Waals surface area contributed by atoms with Crippen molar-refractivity contribution in [2.75, 3.05) is 7.11 Å². The number of amides is 1. The van der Waals surface area contributed by atoms with Gasteiger partial charge in [-0.05, 0) is 30.2 Å². The predicted molar refractivity (Wildman–Crippen MR) is 139 cm³/mol. The number of esters is 1. The Labute approximate surface area is 214 Å². The van der Waals surface area contributed by atoms with Gasteiger partial charge in [0.25, 0.3) is 0 Å². The van der Waals surface area contributed by atoms with Gasteiger partial charge in [0, 0.05) is 27.2 Å². The number of nitrogens with one attached hydrogen (secondary N) is 1. The van der Waals surface area contributed by atoms with E-state index in [4.69, 9.17) is 9.47 Å². The van der Waals surface area contributed by atoms with Crippen molar-refractivity contribution < 1.29 is 23.9 Å². The third-order valence-electron chi connectivity index (χ3n) is 5.94. The summed E-state index contributed by atoms with van der Waals surface area (Å²) in [5, 5.41) is 2.48. The molecule has 0 aliphatic heterocycles. The Morgan fingerprint density at radius 3 is 2.14 bits per heavy atom. The van der Waals surface area contributed by atoms with Gasteiger partial charge in [-0.1, -0.05) is 78.9 Å². The van der Waals surface area contributed by atoms with Crippen molar-refractivity contribution in [1.29, 1.82) is 0 Å². The Hall–Kier alpha value is -3.84. The molecule has 1 aliphatic carbocycles. The molecular formula is C29H27NO5S. The molecule has 0 fully saturated rings. The van der Waals surface area contributed by atoms with Gasteiger partial charge >= 0.3 is 12.1 Å². The molecule has 1 N–H and O–H groups in total. The molecule has 0 aromatic heterocycles. The van der Waals surface area contributed by atoms with Crippen molar-refractivity contribution >= 4 is 29.6 Å². The van der Waals surface area contributed by atoms with Gasteiger partial charge in [0.1, 0.15) is 6.61 Å². The van der Waals surface area contributed by atoms with E-state index in [1.807, 2.05) is 66.7 Å².